The number of nitrogens with zero attached hydrogens (tertiary/aromatic N) is 1. The molecule has 6 nitrogen and oxygen atoms in total. The Kier molecular flexibility index (Phi) is 5.30. The fourth-order valence-corrected chi connectivity index (χ4v) is 3.04. The van der Waals surface area contributed by atoms with Crippen LogP contribution in [0, 0.1) is 16.0 Å². The first kappa shape index (κ1) is 15.9. The van der Waals surface area contributed by atoms with E-state index in [0.717, 1.165) is 31.2 Å². The predicted molar refractivity (Wildman–Crippen MR) is 82.6 cm³/mol. The molecule has 2 rings (SSSR count). The Morgan fingerprint density at radius 2 is 2.05 bits per heavy atom. The standard InChI is InChI=1S/C14H18BrN3O3/c15-12-6-1-9(7-13(12)18(20)21)8-17-11-4-2-10(3-5-11)14(16)19/h1,6-7,10-11,17H,2-5,8H2,(H2,16,19). The second-order valence-corrected chi connectivity index (χ2v) is 6.23. The van der Waals surface area contributed by atoms with Gasteiger partial charge in [-0.1, -0.05) is 6.07 Å². The summed E-state index contributed by atoms with van der Waals surface area (Å²) in [5, 5.41) is 14.3. The van der Waals surface area contributed by atoms with Crippen LogP contribution in [0.5, 0.6) is 0 Å². The zero-order valence-electron chi connectivity index (χ0n) is 11.5. The van der Waals surface area contributed by atoms with Crippen LogP contribution in [0.2, 0.25) is 0 Å². The van der Waals surface area contributed by atoms with Crippen molar-refractivity contribution in [1.82, 2.24) is 5.32 Å². The van der Waals surface area contributed by atoms with Crippen LogP contribution in [0.15, 0.2) is 22.7 Å². The maximum Gasteiger partial charge on any atom is 0.283 e. The van der Waals surface area contributed by atoms with Crippen molar-refractivity contribution >= 4 is 27.5 Å². The molecule has 1 aliphatic carbocycles. The maximum atomic E-state index is 11.1. The lowest BCUT2D eigenvalue weighted by atomic mass is 9.85. The zero-order valence-corrected chi connectivity index (χ0v) is 13.1. The number of rotatable bonds is 5. The number of nitro groups is 1. The SMILES string of the molecule is NC(=O)C1CCC(NCc2ccc(Br)c([N+](=O)[O-])c2)CC1. The van der Waals surface area contributed by atoms with Crippen LogP contribution in [-0.4, -0.2) is 16.9 Å². The highest BCUT2D eigenvalue weighted by Crippen LogP contribution is 2.27. The van der Waals surface area contributed by atoms with Crippen molar-refractivity contribution in [1.29, 1.82) is 0 Å². The van der Waals surface area contributed by atoms with Gasteiger partial charge < -0.3 is 11.1 Å². The lowest BCUT2D eigenvalue weighted by Gasteiger charge is -2.27. The number of nitrogens with two attached hydrogens (primary N) is 1. The molecular weight excluding hydrogens is 338 g/mol. The molecule has 0 spiro atoms. The number of nitrogens with one attached hydrogen (secondary N) is 1. The molecular formula is C14H18BrN3O3. The van der Waals surface area contributed by atoms with E-state index in [1.807, 2.05) is 6.07 Å². The summed E-state index contributed by atoms with van der Waals surface area (Å²) in [6.07, 6.45) is 3.44. The van der Waals surface area contributed by atoms with Crippen molar-refractivity contribution in [3.8, 4) is 0 Å². The van der Waals surface area contributed by atoms with Crippen molar-refractivity contribution in [2.24, 2.45) is 11.7 Å². The summed E-state index contributed by atoms with van der Waals surface area (Å²) in [5.74, 6) is -0.214. The van der Waals surface area contributed by atoms with Gasteiger partial charge in [0.2, 0.25) is 5.91 Å². The number of carbonyl (C=O) groups is 1. The second-order valence-electron chi connectivity index (χ2n) is 5.37. The highest BCUT2D eigenvalue weighted by Gasteiger charge is 2.24. The van der Waals surface area contributed by atoms with Gasteiger partial charge >= 0.3 is 0 Å². The third-order valence-electron chi connectivity index (χ3n) is 3.93. The second kappa shape index (κ2) is 7.00. The molecule has 1 aromatic carbocycles. The molecule has 1 fully saturated rings. The van der Waals surface area contributed by atoms with Crippen LogP contribution in [-0.2, 0) is 11.3 Å². The molecule has 0 unspecified atom stereocenters. The average molecular weight is 356 g/mol. The van der Waals surface area contributed by atoms with Crippen LogP contribution in [0.25, 0.3) is 0 Å². The van der Waals surface area contributed by atoms with E-state index >= 15 is 0 Å². The van der Waals surface area contributed by atoms with E-state index < -0.39 is 4.92 Å². The Bertz CT molecular complexity index is 542. The molecule has 0 bridgehead atoms. The fraction of sp³-hybridized carbons (Fsp3) is 0.500. The number of amides is 1. The van der Waals surface area contributed by atoms with Crippen molar-refractivity contribution in [3.05, 3.63) is 38.3 Å². The first-order valence-corrected chi connectivity index (χ1v) is 7.72. The van der Waals surface area contributed by atoms with Gasteiger partial charge in [0.05, 0.1) is 9.40 Å². The number of hydrogen-bond acceptors (Lipinski definition) is 4. The predicted octanol–water partition coefficient (Wildman–Crippen LogP) is 2.49. The number of halogens is 1. The Balaban J connectivity index is 1.88. The van der Waals surface area contributed by atoms with Crippen molar-refractivity contribution in [2.45, 2.75) is 38.3 Å². The molecule has 0 heterocycles. The van der Waals surface area contributed by atoms with E-state index in [1.54, 1.807) is 12.1 Å². The Morgan fingerprint density at radius 3 is 2.62 bits per heavy atom. The molecule has 114 valence electrons. The summed E-state index contributed by atoms with van der Waals surface area (Å²) in [7, 11) is 0. The largest absolute Gasteiger partial charge is 0.369 e. The van der Waals surface area contributed by atoms with Gasteiger partial charge in [0.15, 0.2) is 0 Å². The van der Waals surface area contributed by atoms with E-state index in [2.05, 4.69) is 21.2 Å². The van der Waals surface area contributed by atoms with Gasteiger partial charge in [-0.25, -0.2) is 0 Å². The molecule has 7 heteroatoms. The minimum atomic E-state index is -0.397. The molecule has 21 heavy (non-hydrogen) atoms. The highest BCUT2D eigenvalue weighted by molar-refractivity contribution is 9.10. The lowest BCUT2D eigenvalue weighted by Crippen LogP contribution is -2.36. The number of hydrogen-bond donors (Lipinski definition) is 2. The first-order valence-electron chi connectivity index (χ1n) is 6.93. The third-order valence-corrected chi connectivity index (χ3v) is 4.60. The van der Waals surface area contributed by atoms with Crippen LogP contribution in [0.4, 0.5) is 5.69 Å². The van der Waals surface area contributed by atoms with E-state index in [1.165, 1.54) is 0 Å². The molecule has 1 saturated carbocycles. The Labute approximate surface area is 131 Å². The fourth-order valence-electron chi connectivity index (χ4n) is 2.65. The van der Waals surface area contributed by atoms with E-state index in [0.29, 0.717) is 17.1 Å². The summed E-state index contributed by atoms with van der Waals surface area (Å²) in [5.41, 5.74) is 6.26. The molecule has 0 atom stereocenters. The van der Waals surface area contributed by atoms with Gasteiger partial charge in [0.1, 0.15) is 0 Å². The van der Waals surface area contributed by atoms with Crippen molar-refractivity contribution in [2.75, 3.05) is 0 Å². The zero-order chi connectivity index (χ0) is 15.4. The molecule has 3 N–H and O–H groups in total. The Morgan fingerprint density at radius 1 is 1.38 bits per heavy atom. The summed E-state index contributed by atoms with van der Waals surface area (Å²) in [4.78, 5) is 21.6. The molecule has 0 radical (unpaired) electrons. The normalized spacial score (nSPS) is 22.0. The molecule has 0 aliphatic heterocycles. The number of primary amides is 1. The van der Waals surface area contributed by atoms with Gasteiger partial charge in [-0.15, -0.1) is 0 Å². The van der Waals surface area contributed by atoms with Crippen LogP contribution < -0.4 is 11.1 Å². The van der Waals surface area contributed by atoms with Crippen molar-refractivity contribution in [3.63, 3.8) is 0 Å². The van der Waals surface area contributed by atoms with Gasteiger partial charge in [-0.2, -0.15) is 0 Å². The Hall–Kier alpha value is -1.47. The molecule has 1 aliphatic rings. The van der Waals surface area contributed by atoms with E-state index in [9.17, 15) is 14.9 Å². The lowest BCUT2D eigenvalue weighted by molar-refractivity contribution is -0.385. The van der Waals surface area contributed by atoms with Gasteiger partial charge in [-0.3, -0.25) is 14.9 Å². The van der Waals surface area contributed by atoms with Crippen LogP contribution in [0.3, 0.4) is 0 Å². The quantitative estimate of drug-likeness (QED) is 0.626. The minimum absolute atomic E-state index is 0.00295. The van der Waals surface area contributed by atoms with E-state index in [-0.39, 0.29) is 17.5 Å². The summed E-state index contributed by atoms with van der Waals surface area (Å²) >= 11 is 3.17. The molecule has 1 aromatic rings. The smallest absolute Gasteiger partial charge is 0.283 e. The van der Waals surface area contributed by atoms with Crippen LogP contribution in [0.1, 0.15) is 31.2 Å². The van der Waals surface area contributed by atoms with Crippen LogP contribution >= 0.6 is 15.9 Å². The van der Waals surface area contributed by atoms with E-state index in [4.69, 9.17) is 5.73 Å². The van der Waals surface area contributed by atoms with Crippen molar-refractivity contribution < 1.29 is 9.72 Å². The van der Waals surface area contributed by atoms with Gasteiger partial charge in [0.25, 0.3) is 5.69 Å². The number of benzene rings is 1. The minimum Gasteiger partial charge on any atom is -0.369 e. The maximum absolute atomic E-state index is 11.1. The summed E-state index contributed by atoms with van der Waals surface area (Å²) in [6.45, 7) is 0.583. The first-order chi connectivity index (χ1) is 9.97. The third kappa shape index (κ3) is 4.25. The highest BCUT2D eigenvalue weighted by atomic mass is 79.9. The summed E-state index contributed by atoms with van der Waals surface area (Å²) in [6, 6.07) is 5.47. The molecule has 0 saturated heterocycles. The molecule has 0 aromatic heterocycles. The number of carbonyl (C=O) groups excluding carboxylic acids is 1. The number of nitro benzene ring substituents is 1. The molecule has 1 amide bonds. The van der Waals surface area contributed by atoms with Gasteiger partial charge in [0, 0.05) is 24.6 Å². The summed E-state index contributed by atoms with van der Waals surface area (Å²) < 4.78 is 0.484. The van der Waals surface area contributed by atoms with Gasteiger partial charge in [-0.05, 0) is 53.2 Å². The topological polar surface area (TPSA) is 98.3 Å². The average Bonchev–Trinajstić information content (AvgIpc) is 2.46. The monoisotopic (exact) mass is 355 g/mol.